The summed E-state index contributed by atoms with van der Waals surface area (Å²) in [5.41, 5.74) is 15.5. The Bertz CT molecular complexity index is 2410. The summed E-state index contributed by atoms with van der Waals surface area (Å²) >= 11 is 0. The van der Waals surface area contributed by atoms with Crippen molar-refractivity contribution >= 4 is 21.5 Å². The lowest BCUT2D eigenvalue weighted by Crippen LogP contribution is -1.93. The summed E-state index contributed by atoms with van der Waals surface area (Å²) in [5.74, 6) is 0. The van der Waals surface area contributed by atoms with Gasteiger partial charge in [0.05, 0.1) is 11.6 Å². The monoisotopic (exact) mass is 581 g/mol. The van der Waals surface area contributed by atoms with Gasteiger partial charge in [-0.2, -0.15) is 5.26 Å². The number of nitriles is 1. The first-order valence-electron chi connectivity index (χ1n) is 15.7. The number of benzene rings is 8. The van der Waals surface area contributed by atoms with Crippen LogP contribution in [0.5, 0.6) is 0 Å². The van der Waals surface area contributed by atoms with Gasteiger partial charge in [-0.15, -0.1) is 0 Å². The summed E-state index contributed by atoms with van der Waals surface area (Å²) in [6.45, 7) is 0. The van der Waals surface area contributed by atoms with Crippen LogP contribution >= 0.6 is 0 Å². The van der Waals surface area contributed by atoms with E-state index in [2.05, 4.69) is 152 Å². The average molecular weight is 582 g/mol. The number of fused-ring (bicyclic) bond motifs is 4. The minimum atomic E-state index is 0.672. The van der Waals surface area contributed by atoms with E-state index in [-0.39, 0.29) is 0 Å². The van der Waals surface area contributed by atoms with E-state index in [0.717, 1.165) is 11.1 Å². The maximum absolute atomic E-state index is 9.39. The van der Waals surface area contributed by atoms with Crippen molar-refractivity contribution in [2.24, 2.45) is 0 Å². The van der Waals surface area contributed by atoms with Gasteiger partial charge in [0.2, 0.25) is 0 Å². The largest absolute Gasteiger partial charge is 0.192 e. The van der Waals surface area contributed by atoms with E-state index in [4.69, 9.17) is 0 Å². The first-order chi connectivity index (χ1) is 22.8. The molecule has 212 valence electrons. The highest BCUT2D eigenvalue weighted by molar-refractivity contribution is 6.28. The molecule has 0 amide bonds. The topological polar surface area (TPSA) is 23.8 Å². The molecule has 0 radical (unpaired) electrons. The van der Waals surface area contributed by atoms with E-state index in [9.17, 15) is 5.26 Å². The third-order valence-electron chi connectivity index (χ3n) is 9.44. The van der Waals surface area contributed by atoms with E-state index >= 15 is 0 Å². The van der Waals surface area contributed by atoms with Crippen LogP contribution in [-0.4, -0.2) is 0 Å². The predicted molar refractivity (Wildman–Crippen MR) is 192 cm³/mol. The van der Waals surface area contributed by atoms with E-state index in [1.54, 1.807) is 0 Å². The molecule has 0 bridgehead atoms. The van der Waals surface area contributed by atoms with Crippen molar-refractivity contribution in [3.05, 3.63) is 169 Å². The summed E-state index contributed by atoms with van der Waals surface area (Å²) in [7, 11) is 0. The number of nitrogens with zero attached hydrogens (tertiary/aromatic N) is 1. The average Bonchev–Trinajstić information content (AvgIpc) is 3.46. The van der Waals surface area contributed by atoms with Crippen LogP contribution < -0.4 is 0 Å². The quantitative estimate of drug-likeness (QED) is 0.203. The van der Waals surface area contributed by atoms with Gasteiger partial charge in [-0.1, -0.05) is 152 Å². The molecule has 9 rings (SSSR count). The minimum absolute atomic E-state index is 0.672. The van der Waals surface area contributed by atoms with Gasteiger partial charge in [-0.3, -0.25) is 0 Å². The summed E-state index contributed by atoms with van der Waals surface area (Å²) in [6.07, 6.45) is 0. The molecule has 0 saturated carbocycles. The molecule has 0 aromatic heterocycles. The zero-order chi connectivity index (χ0) is 30.6. The lowest BCUT2D eigenvalue weighted by atomic mass is 9.82. The number of hydrogen-bond acceptors (Lipinski definition) is 1. The number of rotatable bonds is 4. The van der Waals surface area contributed by atoms with Crippen LogP contribution in [0.1, 0.15) is 5.56 Å². The molecule has 0 atom stereocenters. The van der Waals surface area contributed by atoms with Crippen LogP contribution in [0.3, 0.4) is 0 Å². The van der Waals surface area contributed by atoms with Crippen LogP contribution in [-0.2, 0) is 0 Å². The zero-order valence-electron chi connectivity index (χ0n) is 25.0. The van der Waals surface area contributed by atoms with Crippen LogP contribution in [0.4, 0.5) is 0 Å². The Balaban J connectivity index is 1.32. The second-order valence-electron chi connectivity index (χ2n) is 11.9. The second kappa shape index (κ2) is 10.4. The molecule has 1 aliphatic carbocycles. The lowest BCUT2D eigenvalue weighted by Gasteiger charge is -2.20. The highest BCUT2D eigenvalue weighted by Crippen LogP contribution is 2.58. The van der Waals surface area contributed by atoms with Crippen LogP contribution in [0, 0.1) is 11.3 Å². The summed E-state index contributed by atoms with van der Waals surface area (Å²) in [6, 6.07) is 60.9. The Morgan fingerprint density at radius 1 is 0.326 bits per heavy atom. The van der Waals surface area contributed by atoms with Gasteiger partial charge in [0, 0.05) is 0 Å². The van der Waals surface area contributed by atoms with Crippen LogP contribution in [0.15, 0.2) is 164 Å². The van der Waals surface area contributed by atoms with Gasteiger partial charge in [0.15, 0.2) is 0 Å². The highest BCUT2D eigenvalue weighted by Gasteiger charge is 2.31. The van der Waals surface area contributed by atoms with E-state index in [1.165, 1.54) is 77.2 Å². The molecule has 0 saturated heterocycles. The van der Waals surface area contributed by atoms with Crippen LogP contribution in [0.2, 0.25) is 0 Å². The normalized spacial score (nSPS) is 11.5. The third-order valence-corrected chi connectivity index (χ3v) is 9.44. The highest BCUT2D eigenvalue weighted by atomic mass is 14.3. The van der Waals surface area contributed by atoms with Crippen molar-refractivity contribution in [1.29, 1.82) is 5.26 Å². The molecule has 8 aromatic rings. The van der Waals surface area contributed by atoms with Crippen molar-refractivity contribution < 1.29 is 0 Å². The molecule has 0 unspecified atom stereocenters. The minimum Gasteiger partial charge on any atom is -0.192 e. The number of hydrogen-bond donors (Lipinski definition) is 0. The fourth-order valence-corrected chi connectivity index (χ4v) is 7.47. The molecule has 0 spiro atoms. The molecule has 0 heterocycles. The molecule has 1 heteroatoms. The van der Waals surface area contributed by atoms with Gasteiger partial charge in [0.25, 0.3) is 0 Å². The Kier molecular flexibility index (Phi) is 5.95. The first-order valence-corrected chi connectivity index (χ1v) is 15.7. The summed E-state index contributed by atoms with van der Waals surface area (Å²) in [5, 5.41) is 14.5. The zero-order valence-corrected chi connectivity index (χ0v) is 25.0. The fraction of sp³-hybridized carbons (Fsp3) is 0. The van der Waals surface area contributed by atoms with Crippen molar-refractivity contribution in [2.75, 3.05) is 0 Å². The summed E-state index contributed by atoms with van der Waals surface area (Å²) in [4.78, 5) is 0. The molecule has 1 aliphatic rings. The molecule has 0 aliphatic heterocycles. The molecule has 0 fully saturated rings. The predicted octanol–water partition coefficient (Wildman–Crippen LogP) is 12.2. The van der Waals surface area contributed by atoms with E-state index < -0.39 is 0 Å². The molecule has 0 N–H and O–H groups in total. The molecular weight excluding hydrogens is 555 g/mol. The van der Waals surface area contributed by atoms with E-state index in [1.807, 2.05) is 18.2 Å². The van der Waals surface area contributed by atoms with Gasteiger partial charge >= 0.3 is 0 Å². The maximum atomic E-state index is 9.39. The fourth-order valence-electron chi connectivity index (χ4n) is 7.47. The van der Waals surface area contributed by atoms with Crippen LogP contribution in [0.25, 0.3) is 88.3 Å². The summed E-state index contributed by atoms with van der Waals surface area (Å²) < 4.78 is 0. The van der Waals surface area contributed by atoms with Crippen molar-refractivity contribution in [2.45, 2.75) is 0 Å². The SMILES string of the molecule is N#Cc1cccc(-c2ccc(-c3ccc4c5c(cccc35)-c3c-4c(-c4ccccc4)c4ccccc4c3-c3ccccc3)cc2)c1. The van der Waals surface area contributed by atoms with E-state index in [0.29, 0.717) is 5.56 Å². The lowest BCUT2D eigenvalue weighted by molar-refractivity contribution is 1.48. The van der Waals surface area contributed by atoms with Gasteiger partial charge in [-0.05, 0) is 100 Å². The smallest absolute Gasteiger partial charge is 0.0991 e. The maximum Gasteiger partial charge on any atom is 0.0991 e. The molecule has 8 aromatic carbocycles. The first kappa shape index (κ1) is 26.2. The van der Waals surface area contributed by atoms with Gasteiger partial charge in [-0.25, -0.2) is 0 Å². The Hall–Kier alpha value is -6.23. The standard InChI is InChI=1S/C45H27N/c46-28-29-11-9-16-34(27-29)30-21-23-31(24-22-30)35-25-26-40-43-36(35)19-10-20-39(43)44-41(32-12-3-1-4-13-32)37-17-7-8-18-38(37)42(45(40)44)33-14-5-2-6-15-33/h1-27H. The molecule has 46 heavy (non-hydrogen) atoms. The Labute approximate surface area is 268 Å². The Morgan fingerprint density at radius 3 is 1.46 bits per heavy atom. The van der Waals surface area contributed by atoms with Gasteiger partial charge < -0.3 is 0 Å². The third kappa shape index (κ3) is 3.95. The van der Waals surface area contributed by atoms with Crippen molar-refractivity contribution in [1.82, 2.24) is 0 Å². The molecule has 1 nitrogen and oxygen atoms in total. The van der Waals surface area contributed by atoms with Crippen molar-refractivity contribution in [3.8, 4) is 72.8 Å². The van der Waals surface area contributed by atoms with Crippen molar-refractivity contribution in [3.63, 3.8) is 0 Å². The van der Waals surface area contributed by atoms with Gasteiger partial charge in [0.1, 0.15) is 0 Å². The Morgan fingerprint density at radius 2 is 0.826 bits per heavy atom. The second-order valence-corrected chi connectivity index (χ2v) is 11.9. The molecular formula is C45H27N.